The van der Waals surface area contributed by atoms with E-state index in [9.17, 15) is 8.42 Å². The molecule has 0 unspecified atom stereocenters. The molecule has 0 fully saturated rings. The van der Waals surface area contributed by atoms with Crippen molar-refractivity contribution in [1.82, 2.24) is 4.31 Å². The largest absolute Gasteiger partial charge is 0.329 e. The zero-order valence-electron chi connectivity index (χ0n) is 9.36. The minimum atomic E-state index is -3.63. The Kier molecular flexibility index (Phi) is 5.22. The van der Waals surface area contributed by atoms with Crippen LogP contribution in [0.25, 0.3) is 0 Å². The van der Waals surface area contributed by atoms with E-state index < -0.39 is 10.0 Å². The summed E-state index contributed by atoms with van der Waals surface area (Å²) in [7, 11) is -3.63. The zero-order chi connectivity index (χ0) is 13.1. The van der Waals surface area contributed by atoms with Gasteiger partial charge in [0.25, 0.3) is 0 Å². The Morgan fingerprint density at radius 1 is 1.35 bits per heavy atom. The van der Waals surface area contributed by atoms with E-state index in [2.05, 4.69) is 0 Å². The zero-order valence-corrected chi connectivity index (χ0v) is 11.7. The standard InChI is InChI=1S/C10H14Cl2N2O2S/c1-2-14(7-6-13)17(15,16)9-5-3-4-8(11)10(9)12/h3-5H,2,6-7,13H2,1H3. The third-order valence-corrected chi connectivity index (χ3v) is 5.21. The number of likely N-dealkylation sites (N-methyl/N-ethyl adjacent to an activating group) is 1. The predicted molar refractivity (Wildman–Crippen MR) is 69.9 cm³/mol. The van der Waals surface area contributed by atoms with Gasteiger partial charge in [-0.1, -0.05) is 36.2 Å². The molecule has 0 aromatic heterocycles. The molecule has 0 amide bonds. The molecule has 4 nitrogen and oxygen atoms in total. The maximum Gasteiger partial charge on any atom is 0.244 e. The molecule has 0 heterocycles. The highest BCUT2D eigenvalue weighted by Gasteiger charge is 2.25. The molecule has 0 saturated heterocycles. The number of nitrogens with zero attached hydrogens (tertiary/aromatic N) is 1. The van der Waals surface area contributed by atoms with Gasteiger partial charge in [-0.15, -0.1) is 0 Å². The summed E-state index contributed by atoms with van der Waals surface area (Å²) >= 11 is 11.7. The number of sulfonamides is 1. The van der Waals surface area contributed by atoms with Gasteiger partial charge in [-0.25, -0.2) is 8.42 Å². The molecule has 0 radical (unpaired) electrons. The van der Waals surface area contributed by atoms with Crippen molar-refractivity contribution in [2.24, 2.45) is 5.73 Å². The van der Waals surface area contributed by atoms with E-state index >= 15 is 0 Å². The van der Waals surface area contributed by atoms with Gasteiger partial charge in [0.2, 0.25) is 10.0 Å². The molecule has 0 aliphatic heterocycles. The monoisotopic (exact) mass is 296 g/mol. The number of hydrogen-bond donors (Lipinski definition) is 1. The van der Waals surface area contributed by atoms with Crippen molar-refractivity contribution >= 4 is 33.2 Å². The van der Waals surface area contributed by atoms with Crippen molar-refractivity contribution in [2.75, 3.05) is 19.6 Å². The number of rotatable bonds is 5. The molecule has 17 heavy (non-hydrogen) atoms. The van der Waals surface area contributed by atoms with E-state index in [1.165, 1.54) is 10.4 Å². The van der Waals surface area contributed by atoms with Gasteiger partial charge in [-0.3, -0.25) is 0 Å². The van der Waals surface area contributed by atoms with Crippen molar-refractivity contribution in [3.63, 3.8) is 0 Å². The average Bonchev–Trinajstić information content (AvgIpc) is 2.29. The average molecular weight is 297 g/mol. The maximum absolute atomic E-state index is 12.3. The first kappa shape index (κ1) is 14.7. The van der Waals surface area contributed by atoms with Crippen LogP contribution in [0.3, 0.4) is 0 Å². The van der Waals surface area contributed by atoms with Gasteiger partial charge in [0.15, 0.2) is 0 Å². The van der Waals surface area contributed by atoms with E-state index in [0.717, 1.165) is 0 Å². The van der Waals surface area contributed by atoms with E-state index in [0.29, 0.717) is 6.54 Å². The Morgan fingerprint density at radius 3 is 2.53 bits per heavy atom. The smallest absolute Gasteiger partial charge is 0.244 e. The Balaban J connectivity index is 3.25. The third kappa shape index (κ3) is 3.11. The normalized spacial score (nSPS) is 12.1. The summed E-state index contributed by atoms with van der Waals surface area (Å²) in [6.45, 7) is 2.58. The van der Waals surface area contributed by atoms with Gasteiger partial charge in [0.05, 0.1) is 10.0 Å². The molecule has 1 aromatic carbocycles. The van der Waals surface area contributed by atoms with E-state index in [1.54, 1.807) is 19.1 Å². The lowest BCUT2D eigenvalue weighted by Gasteiger charge is -2.20. The highest BCUT2D eigenvalue weighted by molar-refractivity contribution is 7.89. The highest BCUT2D eigenvalue weighted by Crippen LogP contribution is 2.30. The molecule has 1 rings (SSSR count). The summed E-state index contributed by atoms with van der Waals surface area (Å²) in [5.41, 5.74) is 5.38. The van der Waals surface area contributed by atoms with Crippen LogP contribution in [-0.4, -0.2) is 32.4 Å². The second-order valence-corrected chi connectivity index (χ2v) is 6.03. The van der Waals surface area contributed by atoms with Crippen molar-refractivity contribution < 1.29 is 8.42 Å². The second kappa shape index (κ2) is 6.02. The molecule has 0 bridgehead atoms. The Bertz CT molecular complexity index is 491. The number of hydrogen-bond acceptors (Lipinski definition) is 3. The van der Waals surface area contributed by atoms with Gasteiger partial charge in [0.1, 0.15) is 4.90 Å². The third-order valence-electron chi connectivity index (χ3n) is 2.27. The summed E-state index contributed by atoms with van der Waals surface area (Å²) in [6, 6.07) is 4.53. The van der Waals surface area contributed by atoms with Crippen molar-refractivity contribution in [3.8, 4) is 0 Å². The van der Waals surface area contributed by atoms with Crippen LogP contribution >= 0.6 is 23.2 Å². The maximum atomic E-state index is 12.3. The summed E-state index contributed by atoms with van der Waals surface area (Å²) < 4.78 is 25.8. The lowest BCUT2D eigenvalue weighted by atomic mass is 10.4. The summed E-state index contributed by atoms with van der Waals surface area (Å²) in [4.78, 5) is 0.0157. The van der Waals surface area contributed by atoms with E-state index in [4.69, 9.17) is 28.9 Å². The first-order valence-corrected chi connectivity index (χ1v) is 7.29. The molecule has 2 N–H and O–H groups in total. The Morgan fingerprint density at radius 2 is 2.00 bits per heavy atom. The van der Waals surface area contributed by atoms with Crippen LogP contribution in [0.2, 0.25) is 10.0 Å². The van der Waals surface area contributed by atoms with Crippen LogP contribution in [0.4, 0.5) is 0 Å². The Hall–Kier alpha value is -0.330. The lowest BCUT2D eigenvalue weighted by molar-refractivity contribution is 0.435. The molecule has 0 aliphatic rings. The van der Waals surface area contributed by atoms with Gasteiger partial charge < -0.3 is 5.73 Å². The van der Waals surface area contributed by atoms with Crippen LogP contribution in [0.5, 0.6) is 0 Å². The molecule has 0 saturated carbocycles. The van der Waals surface area contributed by atoms with Crippen LogP contribution in [-0.2, 0) is 10.0 Å². The minimum Gasteiger partial charge on any atom is -0.329 e. The second-order valence-electron chi connectivity index (χ2n) is 3.34. The highest BCUT2D eigenvalue weighted by atomic mass is 35.5. The molecule has 0 spiro atoms. The van der Waals surface area contributed by atoms with E-state index in [-0.39, 0.29) is 28.0 Å². The molecule has 1 aromatic rings. The SMILES string of the molecule is CCN(CCN)S(=O)(=O)c1cccc(Cl)c1Cl. The lowest BCUT2D eigenvalue weighted by Crippen LogP contribution is -2.35. The summed E-state index contributed by atoms with van der Waals surface area (Å²) in [5.74, 6) is 0. The van der Waals surface area contributed by atoms with Crippen molar-refractivity contribution in [2.45, 2.75) is 11.8 Å². The first-order valence-electron chi connectivity index (χ1n) is 5.09. The molecular weight excluding hydrogens is 283 g/mol. The van der Waals surface area contributed by atoms with Crippen molar-refractivity contribution in [1.29, 1.82) is 0 Å². The fraction of sp³-hybridized carbons (Fsp3) is 0.400. The first-order chi connectivity index (χ1) is 7.95. The van der Waals surface area contributed by atoms with Crippen LogP contribution in [0.15, 0.2) is 23.1 Å². The van der Waals surface area contributed by atoms with Gasteiger partial charge >= 0.3 is 0 Å². The van der Waals surface area contributed by atoms with Crippen LogP contribution < -0.4 is 5.73 Å². The molecule has 7 heteroatoms. The quantitative estimate of drug-likeness (QED) is 0.903. The van der Waals surface area contributed by atoms with Gasteiger partial charge in [0, 0.05) is 19.6 Å². The van der Waals surface area contributed by atoms with Crippen LogP contribution in [0, 0.1) is 0 Å². The van der Waals surface area contributed by atoms with Crippen molar-refractivity contribution in [3.05, 3.63) is 28.2 Å². The fourth-order valence-corrected chi connectivity index (χ4v) is 3.61. The summed E-state index contributed by atoms with van der Waals surface area (Å²) in [6.07, 6.45) is 0. The number of halogens is 2. The minimum absolute atomic E-state index is 0.0157. The van der Waals surface area contributed by atoms with Crippen LogP contribution in [0.1, 0.15) is 6.92 Å². The molecule has 0 aliphatic carbocycles. The number of benzene rings is 1. The number of nitrogens with two attached hydrogens (primary N) is 1. The predicted octanol–water partition coefficient (Wildman–Crippen LogP) is 1.96. The Labute approximate surface area is 111 Å². The summed E-state index contributed by atoms with van der Waals surface area (Å²) in [5, 5.41) is 0.265. The topological polar surface area (TPSA) is 63.4 Å². The molecular formula is C10H14Cl2N2O2S. The van der Waals surface area contributed by atoms with Gasteiger partial charge in [-0.05, 0) is 12.1 Å². The van der Waals surface area contributed by atoms with E-state index in [1.807, 2.05) is 0 Å². The molecule has 96 valence electrons. The fourth-order valence-electron chi connectivity index (χ4n) is 1.41. The molecule has 0 atom stereocenters. The van der Waals surface area contributed by atoms with Gasteiger partial charge in [-0.2, -0.15) is 4.31 Å².